The molecule has 2 rings (SSSR count). The van der Waals surface area contributed by atoms with Gasteiger partial charge in [0, 0.05) is 38.4 Å². The predicted octanol–water partition coefficient (Wildman–Crippen LogP) is 3.18. The van der Waals surface area contributed by atoms with Gasteiger partial charge in [-0.2, -0.15) is 0 Å². The lowest BCUT2D eigenvalue weighted by Gasteiger charge is -2.37. The summed E-state index contributed by atoms with van der Waals surface area (Å²) in [7, 11) is 0. The Labute approximate surface area is 141 Å². The molecule has 0 bridgehead atoms. The van der Waals surface area contributed by atoms with E-state index in [1.807, 2.05) is 25.7 Å². The van der Waals surface area contributed by atoms with Crippen molar-refractivity contribution < 1.29 is 14.3 Å². The third-order valence-corrected chi connectivity index (χ3v) is 4.77. The van der Waals surface area contributed by atoms with Crippen molar-refractivity contribution in [3.8, 4) is 0 Å². The third-order valence-electron chi connectivity index (χ3n) is 4.77. The van der Waals surface area contributed by atoms with Gasteiger partial charge in [-0.05, 0) is 65.7 Å². The van der Waals surface area contributed by atoms with Crippen LogP contribution >= 0.6 is 0 Å². The quantitative estimate of drug-likeness (QED) is 0.865. The summed E-state index contributed by atoms with van der Waals surface area (Å²) in [6, 6.07) is 0.965. The van der Waals surface area contributed by atoms with E-state index in [4.69, 9.17) is 9.47 Å². The van der Waals surface area contributed by atoms with Gasteiger partial charge in [0.25, 0.3) is 0 Å². The summed E-state index contributed by atoms with van der Waals surface area (Å²) >= 11 is 0. The lowest BCUT2D eigenvalue weighted by molar-refractivity contribution is 0.0145. The number of ether oxygens (including phenoxy) is 2. The molecule has 1 amide bonds. The van der Waals surface area contributed by atoms with Crippen LogP contribution in [0.4, 0.5) is 4.79 Å². The largest absolute Gasteiger partial charge is 0.444 e. The molecular formula is C18H34N2O3. The number of likely N-dealkylation sites (tertiary alicyclic amines) is 1. The number of nitrogens with zero attached hydrogens (tertiary/aromatic N) is 1. The molecule has 0 spiro atoms. The Bertz CT molecular complexity index is 373. The fraction of sp³-hybridized carbons (Fsp3) is 0.944. The zero-order valence-electron chi connectivity index (χ0n) is 15.3. The Morgan fingerprint density at radius 3 is 2.74 bits per heavy atom. The summed E-state index contributed by atoms with van der Waals surface area (Å²) in [5.41, 5.74) is -0.422. The van der Waals surface area contributed by atoms with Crippen LogP contribution < -0.4 is 5.32 Å². The van der Waals surface area contributed by atoms with Gasteiger partial charge in [-0.15, -0.1) is 0 Å². The number of piperidine rings is 1. The summed E-state index contributed by atoms with van der Waals surface area (Å²) in [6.45, 7) is 11.4. The Kier molecular flexibility index (Phi) is 6.72. The van der Waals surface area contributed by atoms with Gasteiger partial charge in [0.1, 0.15) is 5.60 Å². The molecule has 134 valence electrons. The Morgan fingerprint density at radius 2 is 2.00 bits per heavy atom. The van der Waals surface area contributed by atoms with Gasteiger partial charge < -0.3 is 19.7 Å². The molecule has 23 heavy (non-hydrogen) atoms. The maximum absolute atomic E-state index is 12.3. The fourth-order valence-corrected chi connectivity index (χ4v) is 3.49. The highest BCUT2D eigenvalue weighted by atomic mass is 16.6. The van der Waals surface area contributed by atoms with Crippen LogP contribution in [-0.2, 0) is 9.47 Å². The SMILES string of the molecule is CC(NC1CCCOCC1)C1CCCN(C(=O)OC(C)(C)C)C1. The highest BCUT2D eigenvalue weighted by molar-refractivity contribution is 5.68. The number of carbonyl (C=O) groups excluding carboxylic acids is 1. The highest BCUT2D eigenvalue weighted by Crippen LogP contribution is 2.23. The second-order valence-electron chi connectivity index (χ2n) is 8.02. The molecule has 5 heteroatoms. The summed E-state index contributed by atoms with van der Waals surface area (Å²) in [5.74, 6) is 0.500. The maximum atomic E-state index is 12.3. The van der Waals surface area contributed by atoms with E-state index in [9.17, 15) is 4.79 Å². The van der Waals surface area contributed by atoms with Gasteiger partial charge in [-0.25, -0.2) is 4.79 Å². The second-order valence-corrected chi connectivity index (χ2v) is 8.02. The molecule has 2 aliphatic heterocycles. The minimum Gasteiger partial charge on any atom is -0.444 e. The molecule has 0 saturated carbocycles. The van der Waals surface area contributed by atoms with Crippen molar-refractivity contribution in [1.29, 1.82) is 0 Å². The molecule has 2 heterocycles. The lowest BCUT2D eigenvalue weighted by atomic mass is 9.91. The molecule has 0 aromatic rings. The molecular weight excluding hydrogens is 292 g/mol. The van der Waals surface area contributed by atoms with Crippen LogP contribution in [0.2, 0.25) is 0 Å². The molecule has 2 saturated heterocycles. The average Bonchev–Trinajstić information content (AvgIpc) is 2.74. The fourth-order valence-electron chi connectivity index (χ4n) is 3.49. The van der Waals surface area contributed by atoms with Gasteiger partial charge in [-0.1, -0.05) is 0 Å². The Balaban J connectivity index is 1.83. The number of nitrogens with one attached hydrogen (secondary N) is 1. The van der Waals surface area contributed by atoms with Gasteiger partial charge in [0.2, 0.25) is 0 Å². The topological polar surface area (TPSA) is 50.8 Å². The summed E-state index contributed by atoms with van der Waals surface area (Å²) in [6.07, 6.45) is 5.48. The van der Waals surface area contributed by atoms with Gasteiger partial charge in [0.05, 0.1) is 0 Å². The molecule has 1 N–H and O–H groups in total. The molecule has 0 radical (unpaired) electrons. The van der Waals surface area contributed by atoms with Crippen LogP contribution in [0.15, 0.2) is 0 Å². The van der Waals surface area contributed by atoms with E-state index in [0.29, 0.717) is 18.0 Å². The van der Waals surface area contributed by atoms with Crippen LogP contribution in [0.1, 0.15) is 59.8 Å². The molecule has 5 nitrogen and oxygen atoms in total. The molecule has 3 unspecified atom stereocenters. The number of hydrogen-bond donors (Lipinski definition) is 1. The second kappa shape index (κ2) is 8.34. The Hall–Kier alpha value is -0.810. The highest BCUT2D eigenvalue weighted by Gasteiger charge is 2.30. The van der Waals surface area contributed by atoms with Crippen molar-refractivity contribution in [1.82, 2.24) is 10.2 Å². The van der Waals surface area contributed by atoms with Crippen LogP contribution in [-0.4, -0.2) is 55.0 Å². The van der Waals surface area contributed by atoms with E-state index in [-0.39, 0.29) is 6.09 Å². The van der Waals surface area contributed by atoms with Gasteiger partial charge >= 0.3 is 6.09 Å². The minimum absolute atomic E-state index is 0.169. The zero-order valence-corrected chi connectivity index (χ0v) is 15.3. The molecule has 2 fully saturated rings. The van der Waals surface area contributed by atoms with Crippen molar-refractivity contribution >= 4 is 6.09 Å². The van der Waals surface area contributed by atoms with E-state index in [2.05, 4.69) is 12.2 Å². The first-order valence-electron chi connectivity index (χ1n) is 9.17. The lowest BCUT2D eigenvalue weighted by Crippen LogP contribution is -2.49. The van der Waals surface area contributed by atoms with Crippen molar-refractivity contribution in [3.63, 3.8) is 0 Å². The van der Waals surface area contributed by atoms with Crippen LogP contribution in [0, 0.1) is 5.92 Å². The molecule has 0 aromatic carbocycles. The molecule has 0 aromatic heterocycles. The number of amides is 1. The van der Waals surface area contributed by atoms with E-state index in [1.54, 1.807) is 0 Å². The standard InChI is InChI=1S/C18H34N2O3/c1-14(19-16-8-6-11-22-12-9-16)15-7-5-10-20(13-15)17(21)23-18(2,3)4/h14-16,19H,5-13H2,1-4H3. The molecule has 3 atom stereocenters. The number of hydrogen-bond acceptors (Lipinski definition) is 4. The van der Waals surface area contributed by atoms with Crippen molar-refractivity contribution in [2.45, 2.75) is 77.5 Å². The number of rotatable bonds is 3. The van der Waals surface area contributed by atoms with Crippen LogP contribution in [0.25, 0.3) is 0 Å². The summed E-state index contributed by atoms with van der Waals surface area (Å²) in [5, 5.41) is 3.78. The normalized spacial score (nSPS) is 28.1. The molecule has 2 aliphatic rings. The average molecular weight is 326 g/mol. The molecule has 0 aliphatic carbocycles. The Morgan fingerprint density at radius 1 is 1.22 bits per heavy atom. The van der Waals surface area contributed by atoms with Crippen LogP contribution in [0.3, 0.4) is 0 Å². The predicted molar refractivity (Wildman–Crippen MR) is 91.6 cm³/mol. The first-order chi connectivity index (χ1) is 10.8. The third kappa shape index (κ3) is 6.30. The van der Waals surface area contributed by atoms with E-state index >= 15 is 0 Å². The monoisotopic (exact) mass is 326 g/mol. The van der Waals surface area contributed by atoms with Gasteiger partial charge in [0.15, 0.2) is 0 Å². The first-order valence-corrected chi connectivity index (χ1v) is 9.17. The van der Waals surface area contributed by atoms with E-state index < -0.39 is 5.60 Å². The van der Waals surface area contributed by atoms with Crippen molar-refractivity contribution in [2.24, 2.45) is 5.92 Å². The maximum Gasteiger partial charge on any atom is 0.410 e. The zero-order chi connectivity index (χ0) is 16.9. The minimum atomic E-state index is -0.422. The van der Waals surface area contributed by atoms with E-state index in [1.165, 1.54) is 12.8 Å². The smallest absolute Gasteiger partial charge is 0.410 e. The number of carbonyl (C=O) groups is 1. The summed E-state index contributed by atoms with van der Waals surface area (Å²) in [4.78, 5) is 14.2. The summed E-state index contributed by atoms with van der Waals surface area (Å²) < 4.78 is 11.1. The van der Waals surface area contributed by atoms with E-state index in [0.717, 1.165) is 45.6 Å². The van der Waals surface area contributed by atoms with Crippen LogP contribution in [0.5, 0.6) is 0 Å². The van der Waals surface area contributed by atoms with Crippen molar-refractivity contribution in [2.75, 3.05) is 26.3 Å². The first kappa shape index (κ1) is 18.5. The van der Waals surface area contributed by atoms with Crippen molar-refractivity contribution in [3.05, 3.63) is 0 Å². The van der Waals surface area contributed by atoms with Gasteiger partial charge in [-0.3, -0.25) is 0 Å².